The molecule has 2 aromatic rings. The Kier molecular flexibility index (Phi) is 7.80. The number of anilines is 1. The van der Waals surface area contributed by atoms with Crippen LogP contribution in [0.15, 0.2) is 42.5 Å². The van der Waals surface area contributed by atoms with Gasteiger partial charge in [-0.1, -0.05) is 44.5 Å². The molecule has 1 atom stereocenters. The Bertz CT molecular complexity index is 696. The van der Waals surface area contributed by atoms with E-state index in [-0.39, 0.29) is 12.4 Å². The first-order valence-corrected chi connectivity index (χ1v) is 9.41. The summed E-state index contributed by atoms with van der Waals surface area (Å²) in [6.07, 6.45) is 3.84. The zero-order valence-corrected chi connectivity index (χ0v) is 16.9. The Morgan fingerprint density at radius 2 is 2.00 bits per heavy atom. The van der Waals surface area contributed by atoms with Crippen LogP contribution in [0.2, 0.25) is 0 Å². The van der Waals surface area contributed by atoms with E-state index in [1.807, 2.05) is 0 Å². The van der Waals surface area contributed by atoms with Crippen molar-refractivity contribution in [3.63, 3.8) is 0 Å². The molecular formula is C22H31ClN2O. The molecule has 1 aliphatic rings. The summed E-state index contributed by atoms with van der Waals surface area (Å²) in [5, 5.41) is 7.20. The summed E-state index contributed by atoms with van der Waals surface area (Å²) in [5.41, 5.74) is 5.10. The first-order valence-electron chi connectivity index (χ1n) is 9.41. The van der Waals surface area contributed by atoms with Crippen molar-refractivity contribution in [2.75, 3.05) is 19.0 Å². The van der Waals surface area contributed by atoms with Crippen molar-refractivity contribution in [2.45, 2.75) is 51.6 Å². The number of hydrogen-bond acceptors (Lipinski definition) is 3. The molecule has 26 heavy (non-hydrogen) atoms. The van der Waals surface area contributed by atoms with Crippen molar-refractivity contribution in [1.29, 1.82) is 0 Å². The largest absolute Gasteiger partial charge is 0.496 e. The average molecular weight is 375 g/mol. The highest BCUT2D eigenvalue weighted by atomic mass is 35.5. The van der Waals surface area contributed by atoms with Gasteiger partial charge in [-0.25, -0.2) is 0 Å². The van der Waals surface area contributed by atoms with Gasteiger partial charge in [-0.15, -0.1) is 12.4 Å². The quantitative estimate of drug-likeness (QED) is 0.683. The molecule has 0 radical (unpaired) electrons. The van der Waals surface area contributed by atoms with Gasteiger partial charge in [0.1, 0.15) is 5.75 Å². The molecule has 0 saturated carbocycles. The van der Waals surface area contributed by atoms with Gasteiger partial charge in [0.2, 0.25) is 0 Å². The molecule has 3 rings (SSSR count). The molecule has 2 aromatic carbocycles. The second kappa shape index (κ2) is 9.84. The van der Waals surface area contributed by atoms with E-state index in [1.165, 1.54) is 41.6 Å². The van der Waals surface area contributed by atoms with Crippen LogP contribution in [0.4, 0.5) is 5.69 Å². The minimum absolute atomic E-state index is 0. The van der Waals surface area contributed by atoms with E-state index in [1.54, 1.807) is 7.11 Å². The molecule has 0 amide bonds. The summed E-state index contributed by atoms with van der Waals surface area (Å²) in [5.74, 6) is 1.47. The van der Waals surface area contributed by atoms with Crippen LogP contribution in [0.1, 0.15) is 61.8 Å². The van der Waals surface area contributed by atoms with Crippen molar-refractivity contribution in [3.8, 4) is 5.75 Å². The van der Waals surface area contributed by atoms with Gasteiger partial charge in [0.15, 0.2) is 0 Å². The summed E-state index contributed by atoms with van der Waals surface area (Å²) in [4.78, 5) is 0. The predicted octanol–water partition coefficient (Wildman–Crippen LogP) is 5.67. The van der Waals surface area contributed by atoms with Crippen LogP contribution >= 0.6 is 12.4 Å². The summed E-state index contributed by atoms with van der Waals surface area (Å²) in [7, 11) is 1.74. The van der Waals surface area contributed by atoms with Gasteiger partial charge in [0, 0.05) is 23.8 Å². The summed E-state index contributed by atoms with van der Waals surface area (Å²) >= 11 is 0. The lowest BCUT2D eigenvalue weighted by Crippen LogP contribution is -2.26. The van der Waals surface area contributed by atoms with E-state index >= 15 is 0 Å². The van der Waals surface area contributed by atoms with Crippen LogP contribution in [-0.2, 0) is 6.54 Å². The lowest BCUT2D eigenvalue weighted by Gasteiger charge is -2.24. The van der Waals surface area contributed by atoms with Crippen molar-refractivity contribution in [3.05, 3.63) is 59.2 Å². The number of rotatable bonds is 6. The Labute approximate surface area is 163 Å². The van der Waals surface area contributed by atoms with Gasteiger partial charge >= 0.3 is 0 Å². The van der Waals surface area contributed by atoms with Crippen LogP contribution in [0.25, 0.3) is 0 Å². The number of nitrogens with one attached hydrogen (secondary N) is 2. The molecule has 1 fully saturated rings. The van der Waals surface area contributed by atoms with Crippen LogP contribution < -0.4 is 15.4 Å². The standard InChI is InChI=1S/C22H30N2O.ClH/c1-16(2)17-10-11-22(25-3)19(13-17)15-24-20-8-6-7-18(14-20)21-9-4-5-12-23-21;/h6-8,10-11,13-14,16,21,23-24H,4-5,9,12,15H2,1-3H3;1H/t21-;/m0./s1. The molecule has 3 nitrogen and oxygen atoms in total. The van der Waals surface area contributed by atoms with Crippen molar-refractivity contribution in [1.82, 2.24) is 5.32 Å². The maximum atomic E-state index is 5.54. The molecule has 1 aliphatic heterocycles. The Morgan fingerprint density at radius 1 is 1.15 bits per heavy atom. The molecule has 142 valence electrons. The molecule has 0 unspecified atom stereocenters. The van der Waals surface area contributed by atoms with E-state index in [2.05, 4.69) is 66.9 Å². The summed E-state index contributed by atoms with van der Waals surface area (Å²) in [6.45, 7) is 6.34. The van der Waals surface area contributed by atoms with Gasteiger partial charge in [0.25, 0.3) is 0 Å². The third kappa shape index (κ3) is 5.15. The molecule has 0 aromatic heterocycles. The fraction of sp³-hybridized carbons (Fsp3) is 0.455. The lowest BCUT2D eigenvalue weighted by molar-refractivity contribution is 0.410. The third-order valence-corrected chi connectivity index (χ3v) is 5.05. The first-order chi connectivity index (χ1) is 12.2. The summed E-state index contributed by atoms with van der Waals surface area (Å²) in [6, 6.07) is 15.8. The molecule has 2 N–H and O–H groups in total. The third-order valence-electron chi connectivity index (χ3n) is 5.05. The lowest BCUT2D eigenvalue weighted by atomic mass is 9.97. The van der Waals surface area contributed by atoms with E-state index in [9.17, 15) is 0 Å². The van der Waals surface area contributed by atoms with E-state index in [0.717, 1.165) is 18.8 Å². The fourth-order valence-electron chi connectivity index (χ4n) is 3.49. The van der Waals surface area contributed by atoms with Gasteiger partial charge in [-0.05, 0) is 54.6 Å². The second-order valence-electron chi connectivity index (χ2n) is 7.21. The molecule has 4 heteroatoms. The van der Waals surface area contributed by atoms with Crippen LogP contribution in [0.5, 0.6) is 5.75 Å². The van der Waals surface area contributed by atoms with Crippen molar-refractivity contribution >= 4 is 18.1 Å². The molecule has 1 saturated heterocycles. The topological polar surface area (TPSA) is 33.3 Å². The van der Waals surface area contributed by atoms with Crippen molar-refractivity contribution < 1.29 is 4.74 Å². The van der Waals surface area contributed by atoms with E-state index in [4.69, 9.17) is 4.74 Å². The number of piperidine rings is 1. The van der Waals surface area contributed by atoms with Crippen LogP contribution in [-0.4, -0.2) is 13.7 Å². The van der Waals surface area contributed by atoms with Gasteiger partial charge < -0.3 is 15.4 Å². The SMILES string of the molecule is COc1ccc(C(C)C)cc1CNc1cccc([C@@H]2CCCCN2)c1.Cl. The van der Waals surface area contributed by atoms with Gasteiger partial charge in [-0.3, -0.25) is 0 Å². The maximum Gasteiger partial charge on any atom is 0.123 e. The van der Waals surface area contributed by atoms with Gasteiger partial charge in [0.05, 0.1) is 7.11 Å². The Hall–Kier alpha value is -1.71. The van der Waals surface area contributed by atoms with Gasteiger partial charge in [-0.2, -0.15) is 0 Å². The highest BCUT2D eigenvalue weighted by molar-refractivity contribution is 5.85. The molecule has 1 heterocycles. The average Bonchev–Trinajstić information content (AvgIpc) is 2.67. The zero-order valence-electron chi connectivity index (χ0n) is 16.0. The molecular weight excluding hydrogens is 344 g/mol. The second-order valence-corrected chi connectivity index (χ2v) is 7.21. The van der Waals surface area contributed by atoms with Crippen molar-refractivity contribution in [2.24, 2.45) is 0 Å². The van der Waals surface area contributed by atoms with E-state index in [0.29, 0.717) is 12.0 Å². The van der Waals surface area contributed by atoms with E-state index < -0.39 is 0 Å². The normalized spacial score (nSPS) is 16.8. The Morgan fingerprint density at radius 3 is 2.69 bits per heavy atom. The predicted molar refractivity (Wildman–Crippen MR) is 113 cm³/mol. The highest BCUT2D eigenvalue weighted by Crippen LogP contribution is 2.27. The zero-order chi connectivity index (χ0) is 17.6. The first kappa shape index (κ1) is 20.6. The number of ether oxygens (including phenoxy) is 1. The molecule has 0 aliphatic carbocycles. The fourth-order valence-corrected chi connectivity index (χ4v) is 3.49. The summed E-state index contributed by atoms with van der Waals surface area (Å²) < 4.78 is 5.54. The van der Waals surface area contributed by atoms with Crippen LogP contribution in [0, 0.1) is 0 Å². The Balaban J connectivity index is 0.00000243. The minimum atomic E-state index is 0. The number of benzene rings is 2. The van der Waals surface area contributed by atoms with Crippen LogP contribution in [0.3, 0.4) is 0 Å². The highest BCUT2D eigenvalue weighted by Gasteiger charge is 2.14. The molecule has 0 bridgehead atoms. The monoisotopic (exact) mass is 374 g/mol. The number of methoxy groups -OCH3 is 1. The number of halogens is 1. The maximum absolute atomic E-state index is 5.54. The molecule has 0 spiro atoms. The minimum Gasteiger partial charge on any atom is -0.496 e. The number of hydrogen-bond donors (Lipinski definition) is 2. The smallest absolute Gasteiger partial charge is 0.123 e.